The number of hydrogen-bond donors (Lipinski definition) is 2. The van der Waals surface area contributed by atoms with Crippen molar-refractivity contribution in [2.24, 2.45) is 17.8 Å². The second kappa shape index (κ2) is 14.7. The van der Waals surface area contributed by atoms with Gasteiger partial charge in [0.1, 0.15) is 19.3 Å². The van der Waals surface area contributed by atoms with Crippen molar-refractivity contribution >= 4 is 23.9 Å². The normalized spacial score (nSPS) is 32.3. The van der Waals surface area contributed by atoms with Gasteiger partial charge in [0, 0.05) is 39.5 Å². The van der Waals surface area contributed by atoms with E-state index in [0.717, 1.165) is 0 Å². The highest BCUT2D eigenvalue weighted by Crippen LogP contribution is 2.40. The first kappa shape index (κ1) is 33.9. The molecule has 0 aliphatic carbocycles. The van der Waals surface area contributed by atoms with Crippen LogP contribution in [0.15, 0.2) is 18.2 Å². The molecule has 0 radical (unpaired) electrons. The van der Waals surface area contributed by atoms with Crippen LogP contribution >= 0.6 is 0 Å². The molecule has 14 heteroatoms. The van der Waals surface area contributed by atoms with Crippen LogP contribution < -0.4 is 4.74 Å². The summed E-state index contributed by atoms with van der Waals surface area (Å²) in [5, 5.41) is 20.2. The Balaban J connectivity index is 1.97. The molecule has 0 unspecified atom stereocenters. The fourth-order valence-corrected chi connectivity index (χ4v) is 5.09. The Morgan fingerprint density at radius 2 is 1.23 bits per heavy atom. The van der Waals surface area contributed by atoms with Gasteiger partial charge in [0.2, 0.25) is 12.0 Å². The van der Waals surface area contributed by atoms with Gasteiger partial charge in [-0.05, 0) is 18.1 Å². The van der Waals surface area contributed by atoms with Gasteiger partial charge in [0.05, 0.1) is 12.2 Å². The molecular weight excluding hydrogens is 572 g/mol. The Morgan fingerprint density at radius 3 is 1.79 bits per heavy atom. The van der Waals surface area contributed by atoms with Crippen LogP contribution in [0.5, 0.6) is 17.2 Å². The van der Waals surface area contributed by atoms with Crippen LogP contribution in [0.25, 0.3) is 0 Å². The lowest BCUT2D eigenvalue weighted by Crippen LogP contribution is -2.61. The summed E-state index contributed by atoms with van der Waals surface area (Å²) >= 11 is 0. The second-order valence-corrected chi connectivity index (χ2v) is 10.8. The summed E-state index contributed by atoms with van der Waals surface area (Å²) in [7, 11) is 0. The maximum Gasteiger partial charge on any atom is 0.303 e. The van der Waals surface area contributed by atoms with Gasteiger partial charge in [-0.2, -0.15) is 0 Å². The van der Waals surface area contributed by atoms with Crippen molar-refractivity contribution in [1.82, 2.24) is 0 Å². The molecule has 10 atom stereocenters. The van der Waals surface area contributed by atoms with E-state index in [1.165, 1.54) is 45.9 Å². The average molecular weight is 613 g/mol. The van der Waals surface area contributed by atoms with Crippen LogP contribution in [0.4, 0.5) is 0 Å². The highest BCUT2D eigenvalue weighted by Gasteiger charge is 2.52. The zero-order chi connectivity index (χ0) is 32.0. The quantitative estimate of drug-likeness (QED) is 0.223. The van der Waals surface area contributed by atoms with E-state index in [9.17, 15) is 29.4 Å². The first-order valence-electron chi connectivity index (χ1n) is 13.9. The number of esters is 4. The molecule has 0 amide bonds. The number of rotatable bonds is 10. The van der Waals surface area contributed by atoms with Crippen molar-refractivity contribution in [1.29, 1.82) is 0 Å². The Kier molecular flexibility index (Phi) is 11.6. The third-order valence-electron chi connectivity index (χ3n) is 7.51. The largest absolute Gasteiger partial charge is 0.504 e. The smallest absolute Gasteiger partial charge is 0.303 e. The first-order valence-corrected chi connectivity index (χ1v) is 13.9. The molecule has 0 spiro atoms. The minimum absolute atomic E-state index is 0.0690. The molecule has 2 fully saturated rings. The van der Waals surface area contributed by atoms with Crippen LogP contribution in [-0.4, -0.2) is 90.4 Å². The molecule has 0 aromatic heterocycles. The number of para-hydroxylation sites is 1. The van der Waals surface area contributed by atoms with E-state index in [1.807, 2.05) is 13.8 Å². The molecule has 43 heavy (non-hydrogen) atoms. The summed E-state index contributed by atoms with van der Waals surface area (Å²) in [5.41, 5.74) is 0. The third kappa shape index (κ3) is 8.71. The molecule has 2 N–H and O–H groups in total. The highest BCUT2D eigenvalue weighted by atomic mass is 16.8. The predicted octanol–water partition coefficient (Wildman–Crippen LogP) is 2.21. The van der Waals surface area contributed by atoms with Gasteiger partial charge in [-0.25, -0.2) is 0 Å². The fourth-order valence-electron chi connectivity index (χ4n) is 5.09. The van der Waals surface area contributed by atoms with Crippen LogP contribution in [-0.2, 0) is 52.3 Å². The zero-order valence-electron chi connectivity index (χ0n) is 25.2. The molecule has 0 saturated carbocycles. The number of phenols is 2. The van der Waals surface area contributed by atoms with Gasteiger partial charge < -0.3 is 48.1 Å². The lowest BCUT2D eigenvalue weighted by molar-refractivity contribution is -0.336. The number of aromatic hydroxyl groups is 2. The van der Waals surface area contributed by atoms with E-state index in [0.29, 0.717) is 0 Å². The van der Waals surface area contributed by atoms with Crippen LogP contribution in [0.2, 0.25) is 0 Å². The number of benzene rings is 1. The zero-order valence-corrected chi connectivity index (χ0v) is 25.2. The Morgan fingerprint density at radius 1 is 0.698 bits per heavy atom. The standard InChI is InChI=1S/C29H40O14/c1-13-14(2)26(38-18(6)32)29(41-22(13)11-36-16(4)30)43-25-15(3)27(39-19(7)33)28(42-23(25)12-37-17(5)31)40-21-10-8-9-20(34)24(21)35/h8-10,13-15,22-23,25-29,34-35H,11-12H2,1-7H3/t13-,14+,15+,22-,23-,25+,26-,27-,28-,29+/m1/s1. The maximum absolute atomic E-state index is 12.1. The summed E-state index contributed by atoms with van der Waals surface area (Å²) in [5.74, 6) is -4.71. The van der Waals surface area contributed by atoms with E-state index in [-0.39, 0.29) is 30.8 Å². The molecule has 1 aromatic carbocycles. The van der Waals surface area contributed by atoms with E-state index < -0.39 is 84.4 Å². The molecule has 14 nitrogen and oxygen atoms in total. The summed E-state index contributed by atoms with van der Waals surface area (Å²) in [6.07, 6.45) is -7.15. The van der Waals surface area contributed by atoms with Crippen molar-refractivity contribution in [2.75, 3.05) is 13.2 Å². The van der Waals surface area contributed by atoms with E-state index in [1.54, 1.807) is 6.92 Å². The maximum atomic E-state index is 12.1. The molecule has 0 bridgehead atoms. The van der Waals surface area contributed by atoms with Gasteiger partial charge in [-0.1, -0.05) is 26.8 Å². The Labute approximate surface area is 249 Å². The molecule has 1 aromatic rings. The Hall–Kier alpha value is -3.62. The average Bonchev–Trinajstić information content (AvgIpc) is 2.91. The van der Waals surface area contributed by atoms with Crippen molar-refractivity contribution in [3.05, 3.63) is 18.2 Å². The van der Waals surface area contributed by atoms with Gasteiger partial charge >= 0.3 is 23.9 Å². The summed E-state index contributed by atoms with van der Waals surface area (Å²) < 4.78 is 46.2. The van der Waals surface area contributed by atoms with Gasteiger partial charge in [0.25, 0.3) is 0 Å². The Bertz CT molecular complexity index is 1150. The topological polar surface area (TPSA) is 183 Å². The molecular formula is C29H40O14. The van der Waals surface area contributed by atoms with Gasteiger partial charge in [-0.3, -0.25) is 19.2 Å². The highest BCUT2D eigenvalue weighted by molar-refractivity contribution is 5.67. The van der Waals surface area contributed by atoms with E-state index in [2.05, 4.69) is 0 Å². The molecule has 2 heterocycles. The minimum Gasteiger partial charge on any atom is -0.504 e. The molecule has 2 aliphatic heterocycles. The van der Waals surface area contributed by atoms with Crippen molar-refractivity contribution in [2.45, 2.75) is 91.6 Å². The summed E-state index contributed by atoms with van der Waals surface area (Å²) in [4.78, 5) is 47.4. The number of phenolic OH excluding ortho intramolecular Hbond substituents is 2. The predicted molar refractivity (Wildman–Crippen MR) is 144 cm³/mol. The van der Waals surface area contributed by atoms with Gasteiger partial charge in [-0.15, -0.1) is 0 Å². The van der Waals surface area contributed by atoms with Crippen molar-refractivity contribution in [3.8, 4) is 17.2 Å². The van der Waals surface area contributed by atoms with Gasteiger partial charge in [0.15, 0.2) is 30.0 Å². The first-order chi connectivity index (χ1) is 20.2. The molecule has 240 valence electrons. The number of carbonyl (C=O) groups excluding carboxylic acids is 4. The fraction of sp³-hybridized carbons (Fsp3) is 0.655. The number of carbonyl (C=O) groups is 4. The molecule has 2 aliphatic rings. The molecule has 3 rings (SSSR count). The number of ether oxygens (including phenoxy) is 8. The monoisotopic (exact) mass is 612 g/mol. The lowest BCUT2D eigenvalue weighted by atomic mass is 9.83. The summed E-state index contributed by atoms with van der Waals surface area (Å²) in [6.45, 7) is 9.97. The van der Waals surface area contributed by atoms with E-state index in [4.69, 9.17) is 37.9 Å². The number of hydrogen-bond acceptors (Lipinski definition) is 14. The van der Waals surface area contributed by atoms with Crippen molar-refractivity contribution in [3.63, 3.8) is 0 Å². The van der Waals surface area contributed by atoms with Crippen LogP contribution in [0.3, 0.4) is 0 Å². The minimum atomic E-state index is -1.33. The van der Waals surface area contributed by atoms with E-state index >= 15 is 0 Å². The summed E-state index contributed by atoms with van der Waals surface area (Å²) in [6, 6.07) is 4.07. The van der Waals surface area contributed by atoms with Crippen LogP contribution in [0, 0.1) is 17.8 Å². The van der Waals surface area contributed by atoms with Crippen LogP contribution in [0.1, 0.15) is 48.5 Å². The third-order valence-corrected chi connectivity index (χ3v) is 7.51. The SMILES string of the molecule is CC(=O)OC[C@H]1O[C@@H](O[C@H]2[C@H](C)[C@@H](OC(C)=O)[C@H](Oc3cccc(O)c3O)O[C@@H]2COC(C)=O)[C@H](OC(C)=O)[C@@H](C)[C@H]1C. The lowest BCUT2D eigenvalue weighted by Gasteiger charge is -2.48. The van der Waals surface area contributed by atoms with Crippen molar-refractivity contribution < 1.29 is 67.3 Å². The molecule has 2 saturated heterocycles. The second-order valence-electron chi connectivity index (χ2n) is 10.8.